The molecule has 0 aliphatic rings. The number of ether oxygens (including phenoxy) is 1. The van der Waals surface area contributed by atoms with Gasteiger partial charge in [0, 0.05) is 11.5 Å². The van der Waals surface area contributed by atoms with Crippen molar-refractivity contribution >= 4 is 11.0 Å². The maximum Gasteiger partial charge on any atom is 0.336 e. The van der Waals surface area contributed by atoms with Crippen molar-refractivity contribution in [1.29, 1.82) is 0 Å². The van der Waals surface area contributed by atoms with Crippen LogP contribution in [0.2, 0.25) is 0 Å². The molecule has 0 fully saturated rings. The lowest BCUT2D eigenvalue weighted by Crippen LogP contribution is -1.98. The topological polar surface area (TPSA) is 39.4 Å². The summed E-state index contributed by atoms with van der Waals surface area (Å²) in [5.74, 6) is 0.844. The molecule has 0 atom stereocenters. The van der Waals surface area contributed by atoms with Gasteiger partial charge in [0.25, 0.3) is 0 Å². The third kappa shape index (κ3) is 9.43. The summed E-state index contributed by atoms with van der Waals surface area (Å²) in [6, 6.07) is 8.83. The van der Waals surface area contributed by atoms with Crippen LogP contribution < -0.4 is 10.4 Å². The smallest absolute Gasteiger partial charge is 0.336 e. The van der Waals surface area contributed by atoms with Crippen molar-refractivity contribution in [1.82, 2.24) is 0 Å². The fraction of sp³-hybridized carbons (Fsp3) is 0.640. The second kappa shape index (κ2) is 14.3. The highest BCUT2D eigenvalue weighted by Gasteiger charge is 2.00. The van der Waals surface area contributed by atoms with Gasteiger partial charge < -0.3 is 9.15 Å². The zero-order valence-corrected chi connectivity index (χ0v) is 17.7. The van der Waals surface area contributed by atoms with E-state index in [1.54, 1.807) is 12.1 Å². The molecule has 2 aromatic rings. The molecule has 156 valence electrons. The number of unbranched alkanes of at least 4 members (excludes halogenated alkanes) is 13. The van der Waals surface area contributed by atoms with E-state index in [4.69, 9.17) is 9.15 Å². The highest BCUT2D eigenvalue weighted by atomic mass is 16.5. The van der Waals surface area contributed by atoms with Gasteiger partial charge in [-0.1, -0.05) is 90.4 Å². The zero-order chi connectivity index (χ0) is 19.9. The van der Waals surface area contributed by atoms with Crippen LogP contribution in [-0.2, 0) is 0 Å². The van der Waals surface area contributed by atoms with Crippen molar-refractivity contribution < 1.29 is 9.15 Å². The first-order chi connectivity index (χ1) is 13.8. The molecule has 0 radical (unpaired) electrons. The van der Waals surface area contributed by atoms with Crippen molar-refractivity contribution in [3.05, 3.63) is 40.8 Å². The summed E-state index contributed by atoms with van der Waals surface area (Å²) in [7, 11) is 0. The van der Waals surface area contributed by atoms with E-state index in [-0.39, 0.29) is 5.63 Å². The molecule has 28 heavy (non-hydrogen) atoms. The summed E-state index contributed by atoms with van der Waals surface area (Å²) in [5.41, 5.74) is 0.292. The van der Waals surface area contributed by atoms with Crippen LogP contribution in [0, 0.1) is 0 Å². The molecular formula is C25H38O3. The standard InChI is InChI=1S/C25H38O3/c1-2-3-4-5-6-7-8-9-10-11-12-13-14-15-20-27-23-17-18-24-22(21-23)16-19-25(26)28-24/h16-19,21H,2-15,20H2,1H3. The van der Waals surface area contributed by atoms with E-state index in [9.17, 15) is 4.79 Å². The molecule has 2 rings (SSSR count). The molecule has 0 bridgehead atoms. The van der Waals surface area contributed by atoms with Crippen molar-refractivity contribution in [2.24, 2.45) is 0 Å². The van der Waals surface area contributed by atoms with Crippen LogP contribution in [0.15, 0.2) is 39.5 Å². The third-order valence-corrected chi connectivity index (χ3v) is 5.36. The van der Waals surface area contributed by atoms with E-state index < -0.39 is 0 Å². The summed E-state index contributed by atoms with van der Waals surface area (Å²) in [4.78, 5) is 11.2. The van der Waals surface area contributed by atoms with Crippen LogP contribution >= 0.6 is 0 Å². The number of hydrogen-bond donors (Lipinski definition) is 0. The Labute approximate surface area is 170 Å². The van der Waals surface area contributed by atoms with E-state index in [1.165, 1.54) is 89.5 Å². The first-order valence-electron chi connectivity index (χ1n) is 11.5. The lowest BCUT2D eigenvalue weighted by atomic mass is 10.0. The van der Waals surface area contributed by atoms with Crippen LogP contribution in [0.25, 0.3) is 11.0 Å². The second-order valence-electron chi connectivity index (χ2n) is 7.90. The Morgan fingerprint density at radius 1 is 0.714 bits per heavy atom. The largest absolute Gasteiger partial charge is 0.494 e. The average molecular weight is 387 g/mol. The summed E-state index contributed by atoms with van der Waals surface area (Å²) < 4.78 is 11.0. The average Bonchev–Trinajstić information content (AvgIpc) is 2.71. The van der Waals surface area contributed by atoms with Crippen LogP contribution in [0.1, 0.15) is 96.8 Å². The van der Waals surface area contributed by atoms with Crippen LogP contribution in [-0.4, -0.2) is 6.61 Å². The molecule has 0 saturated carbocycles. The molecule has 0 N–H and O–H groups in total. The lowest BCUT2D eigenvalue weighted by Gasteiger charge is -2.07. The molecule has 0 aliphatic carbocycles. The first-order valence-corrected chi connectivity index (χ1v) is 11.5. The molecule has 1 aromatic carbocycles. The Bertz CT molecular complexity index is 704. The number of benzene rings is 1. The van der Waals surface area contributed by atoms with Crippen molar-refractivity contribution in [2.75, 3.05) is 6.61 Å². The fourth-order valence-corrected chi connectivity index (χ4v) is 3.63. The molecule has 0 unspecified atom stereocenters. The van der Waals surface area contributed by atoms with Gasteiger partial charge in [0.1, 0.15) is 11.3 Å². The van der Waals surface area contributed by atoms with E-state index in [0.717, 1.165) is 24.2 Å². The normalized spacial score (nSPS) is 11.2. The predicted octanol–water partition coefficient (Wildman–Crippen LogP) is 7.65. The van der Waals surface area contributed by atoms with Gasteiger partial charge in [-0.25, -0.2) is 4.79 Å². The van der Waals surface area contributed by atoms with E-state index in [0.29, 0.717) is 5.58 Å². The van der Waals surface area contributed by atoms with Gasteiger partial charge in [-0.15, -0.1) is 0 Å². The van der Waals surface area contributed by atoms with Crippen LogP contribution in [0.5, 0.6) is 5.75 Å². The molecule has 1 heterocycles. The van der Waals surface area contributed by atoms with Gasteiger partial charge in [0.15, 0.2) is 0 Å². The fourth-order valence-electron chi connectivity index (χ4n) is 3.63. The van der Waals surface area contributed by atoms with Crippen LogP contribution in [0.3, 0.4) is 0 Å². The third-order valence-electron chi connectivity index (χ3n) is 5.36. The summed E-state index contributed by atoms with van der Waals surface area (Å²) in [6.07, 6.45) is 19.1. The maximum atomic E-state index is 11.2. The summed E-state index contributed by atoms with van der Waals surface area (Å²) in [6.45, 7) is 3.03. The molecule has 0 aliphatic heterocycles. The Kier molecular flexibility index (Phi) is 11.5. The van der Waals surface area contributed by atoms with Gasteiger partial charge in [-0.3, -0.25) is 0 Å². The van der Waals surface area contributed by atoms with Gasteiger partial charge in [-0.05, 0) is 30.7 Å². The molecule has 0 amide bonds. The van der Waals surface area contributed by atoms with Crippen molar-refractivity contribution in [3.63, 3.8) is 0 Å². The monoisotopic (exact) mass is 386 g/mol. The first kappa shape index (κ1) is 22.5. The minimum Gasteiger partial charge on any atom is -0.494 e. The highest BCUT2D eigenvalue weighted by Crippen LogP contribution is 2.20. The van der Waals surface area contributed by atoms with Crippen LogP contribution in [0.4, 0.5) is 0 Å². The quantitative estimate of drug-likeness (QED) is 0.220. The minimum atomic E-state index is -0.316. The lowest BCUT2D eigenvalue weighted by molar-refractivity contribution is 0.304. The number of hydrogen-bond acceptors (Lipinski definition) is 3. The van der Waals surface area contributed by atoms with Crippen molar-refractivity contribution in [2.45, 2.75) is 96.8 Å². The Morgan fingerprint density at radius 3 is 1.89 bits per heavy atom. The van der Waals surface area contributed by atoms with Gasteiger partial charge in [0.05, 0.1) is 6.61 Å². The maximum absolute atomic E-state index is 11.2. The van der Waals surface area contributed by atoms with E-state index in [1.807, 2.05) is 12.1 Å². The van der Waals surface area contributed by atoms with Gasteiger partial charge in [-0.2, -0.15) is 0 Å². The summed E-state index contributed by atoms with van der Waals surface area (Å²) >= 11 is 0. The molecule has 0 saturated heterocycles. The van der Waals surface area contributed by atoms with Gasteiger partial charge in [0.2, 0.25) is 0 Å². The Hall–Kier alpha value is -1.77. The molecule has 0 spiro atoms. The SMILES string of the molecule is CCCCCCCCCCCCCCCCOc1ccc2oc(=O)ccc2c1. The zero-order valence-electron chi connectivity index (χ0n) is 17.7. The molecule has 1 aromatic heterocycles. The van der Waals surface area contributed by atoms with Crippen molar-refractivity contribution in [3.8, 4) is 5.75 Å². The molecular weight excluding hydrogens is 348 g/mol. The Morgan fingerprint density at radius 2 is 1.29 bits per heavy atom. The van der Waals surface area contributed by atoms with Gasteiger partial charge >= 0.3 is 5.63 Å². The van der Waals surface area contributed by atoms with E-state index >= 15 is 0 Å². The molecule has 3 heteroatoms. The predicted molar refractivity (Wildman–Crippen MR) is 118 cm³/mol. The summed E-state index contributed by atoms with van der Waals surface area (Å²) in [5, 5.41) is 0.901. The minimum absolute atomic E-state index is 0.316. The number of fused-ring (bicyclic) bond motifs is 1. The second-order valence-corrected chi connectivity index (χ2v) is 7.90. The molecule has 3 nitrogen and oxygen atoms in total. The number of rotatable bonds is 16. The Balaban J connectivity index is 1.41. The highest BCUT2D eigenvalue weighted by molar-refractivity contribution is 5.77. The van der Waals surface area contributed by atoms with E-state index in [2.05, 4.69) is 6.92 Å².